The number of anilines is 2. The molecule has 7 nitrogen and oxygen atoms in total. The molecule has 0 spiro atoms. The third kappa shape index (κ3) is 2.40. The molecule has 0 fully saturated rings. The van der Waals surface area contributed by atoms with Gasteiger partial charge in [0.05, 0.1) is 12.3 Å². The number of Topliss-reactive ketones (excluding diaryl/α,β-unsaturated/α-hetero) is 1. The molecule has 0 bridgehead atoms. The molecule has 1 aliphatic heterocycles. The lowest BCUT2D eigenvalue weighted by Crippen LogP contribution is -2.26. The highest BCUT2D eigenvalue weighted by atomic mass is 16.6. The van der Waals surface area contributed by atoms with Crippen molar-refractivity contribution in [3.8, 4) is 0 Å². The highest BCUT2D eigenvalue weighted by Crippen LogP contribution is 2.43. The monoisotopic (exact) mass is 348 g/mol. The van der Waals surface area contributed by atoms with Gasteiger partial charge in [0.25, 0.3) is 0 Å². The summed E-state index contributed by atoms with van der Waals surface area (Å²) >= 11 is 0. The van der Waals surface area contributed by atoms with Crippen molar-refractivity contribution in [2.75, 3.05) is 10.6 Å². The van der Waals surface area contributed by atoms with Gasteiger partial charge in [0, 0.05) is 23.6 Å². The normalized spacial score (nSPS) is 22.1. The first kappa shape index (κ1) is 14.9. The molecule has 5 rings (SSSR count). The zero-order chi connectivity index (χ0) is 17.5. The fraction of sp³-hybridized carbons (Fsp3) is 0.211. The summed E-state index contributed by atoms with van der Waals surface area (Å²) in [6.45, 7) is 0. The molecule has 0 unspecified atom stereocenters. The molecule has 26 heavy (non-hydrogen) atoms. The molecule has 2 N–H and O–H groups in total. The maximum atomic E-state index is 13.1. The van der Waals surface area contributed by atoms with E-state index in [0.717, 1.165) is 22.6 Å². The summed E-state index contributed by atoms with van der Waals surface area (Å²) < 4.78 is 10.4. The van der Waals surface area contributed by atoms with Crippen molar-refractivity contribution in [3.05, 3.63) is 71.3 Å². The highest BCUT2D eigenvalue weighted by Gasteiger charge is 2.37. The number of furan rings is 1. The Morgan fingerprint density at radius 1 is 1.00 bits per heavy atom. The summed E-state index contributed by atoms with van der Waals surface area (Å²) in [6, 6.07) is 13.3. The third-order valence-corrected chi connectivity index (χ3v) is 4.91. The quantitative estimate of drug-likeness (QED) is 0.730. The van der Waals surface area contributed by atoms with E-state index >= 15 is 0 Å². The molecule has 0 amide bonds. The van der Waals surface area contributed by atoms with Crippen LogP contribution in [0.2, 0.25) is 0 Å². The Morgan fingerprint density at radius 3 is 2.65 bits per heavy atom. The van der Waals surface area contributed by atoms with Gasteiger partial charge in [-0.3, -0.25) is 4.79 Å². The number of hydrogen-bond acceptors (Lipinski definition) is 7. The zero-order valence-electron chi connectivity index (χ0n) is 13.8. The predicted octanol–water partition coefficient (Wildman–Crippen LogP) is 3.64. The molecule has 0 saturated carbocycles. The van der Waals surface area contributed by atoms with Crippen LogP contribution in [0.1, 0.15) is 36.1 Å². The Bertz CT molecular complexity index is 975. The van der Waals surface area contributed by atoms with Crippen LogP contribution in [0, 0.1) is 0 Å². The lowest BCUT2D eigenvalue weighted by molar-refractivity contribution is -0.116. The molecule has 2 aliphatic rings. The molecular weight excluding hydrogens is 332 g/mol. The van der Waals surface area contributed by atoms with E-state index in [9.17, 15) is 4.79 Å². The third-order valence-electron chi connectivity index (χ3n) is 4.91. The fourth-order valence-corrected chi connectivity index (χ4v) is 3.72. The SMILES string of the molecule is O=C1C[C@@H](c2ccco2)CC2=C1[C@@H](c1ccccc1)Nc1nonc1N2. The van der Waals surface area contributed by atoms with Crippen LogP contribution in [0.5, 0.6) is 0 Å². The summed E-state index contributed by atoms with van der Waals surface area (Å²) in [5.41, 5.74) is 2.54. The van der Waals surface area contributed by atoms with Gasteiger partial charge in [0.1, 0.15) is 5.76 Å². The van der Waals surface area contributed by atoms with Gasteiger partial charge < -0.3 is 15.1 Å². The Balaban J connectivity index is 1.62. The molecule has 130 valence electrons. The standard InChI is InChI=1S/C19H16N4O3/c24-14-10-12(15-7-4-8-25-15)9-13-16(14)17(11-5-2-1-3-6-11)21-19-18(20-13)22-26-23-19/h1-8,12,17H,9-10H2,(H,20,22)(H,21,23)/t12-,17+/m0/s1. The van der Waals surface area contributed by atoms with Gasteiger partial charge in [-0.25, -0.2) is 4.63 Å². The van der Waals surface area contributed by atoms with Gasteiger partial charge in [-0.2, -0.15) is 0 Å². The van der Waals surface area contributed by atoms with Crippen molar-refractivity contribution in [1.29, 1.82) is 0 Å². The maximum Gasteiger partial charge on any atom is 0.219 e. The summed E-state index contributed by atoms with van der Waals surface area (Å²) in [5.74, 6) is 1.89. The van der Waals surface area contributed by atoms with Crippen molar-refractivity contribution in [2.24, 2.45) is 0 Å². The molecule has 3 heterocycles. The molecule has 0 radical (unpaired) electrons. The molecule has 1 aromatic carbocycles. The van der Waals surface area contributed by atoms with Gasteiger partial charge >= 0.3 is 0 Å². The topological polar surface area (TPSA) is 93.2 Å². The average Bonchev–Trinajstić information content (AvgIpc) is 3.31. The van der Waals surface area contributed by atoms with Crippen LogP contribution < -0.4 is 10.6 Å². The molecule has 1 aliphatic carbocycles. The lowest BCUT2D eigenvalue weighted by atomic mass is 9.80. The van der Waals surface area contributed by atoms with Crippen LogP contribution in [0.25, 0.3) is 0 Å². The molecule has 3 aromatic rings. The van der Waals surface area contributed by atoms with Crippen LogP contribution in [-0.4, -0.2) is 16.1 Å². The molecular formula is C19H16N4O3. The van der Waals surface area contributed by atoms with Crippen molar-refractivity contribution >= 4 is 17.4 Å². The van der Waals surface area contributed by atoms with Gasteiger partial charge in [-0.05, 0) is 34.4 Å². The number of carbonyl (C=O) groups is 1. The number of ketones is 1. The summed E-state index contributed by atoms with van der Waals surface area (Å²) in [6.07, 6.45) is 2.71. The van der Waals surface area contributed by atoms with E-state index in [1.54, 1.807) is 6.26 Å². The zero-order valence-corrected chi connectivity index (χ0v) is 13.8. The van der Waals surface area contributed by atoms with E-state index in [-0.39, 0.29) is 17.7 Å². The molecule has 7 heteroatoms. The van der Waals surface area contributed by atoms with Gasteiger partial charge in [0.2, 0.25) is 11.6 Å². The van der Waals surface area contributed by atoms with E-state index in [1.165, 1.54) is 0 Å². The van der Waals surface area contributed by atoms with Crippen LogP contribution in [0.3, 0.4) is 0 Å². The van der Waals surface area contributed by atoms with Crippen molar-refractivity contribution in [1.82, 2.24) is 10.3 Å². The number of carbonyl (C=O) groups excluding carboxylic acids is 1. The van der Waals surface area contributed by atoms with Gasteiger partial charge in [-0.1, -0.05) is 30.3 Å². The van der Waals surface area contributed by atoms with E-state index in [1.807, 2.05) is 42.5 Å². The number of aromatic nitrogens is 2. The van der Waals surface area contributed by atoms with Crippen molar-refractivity contribution in [2.45, 2.75) is 24.8 Å². The maximum absolute atomic E-state index is 13.1. The lowest BCUT2D eigenvalue weighted by Gasteiger charge is -2.28. The molecule has 2 aromatic heterocycles. The molecule has 2 atom stereocenters. The fourth-order valence-electron chi connectivity index (χ4n) is 3.72. The van der Waals surface area contributed by atoms with E-state index in [4.69, 9.17) is 9.05 Å². The smallest absolute Gasteiger partial charge is 0.219 e. The van der Waals surface area contributed by atoms with Crippen LogP contribution in [0.15, 0.2) is 69.0 Å². The Kier molecular flexibility index (Phi) is 3.38. The second-order valence-corrected chi connectivity index (χ2v) is 6.51. The minimum absolute atomic E-state index is 0.00147. The number of fused-ring (bicyclic) bond motifs is 1. The summed E-state index contributed by atoms with van der Waals surface area (Å²) in [7, 11) is 0. The Labute approximate surface area is 149 Å². The van der Waals surface area contributed by atoms with Crippen LogP contribution >= 0.6 is 0 Å². The second-order valence-electron chi connectivity index (χ2n) is 6.51. The number of rotatable bonds is 2. The van der Waals surface area contributed by atoms with Crippen LogP contribution in [0.4, 0.5) is 11.6 Å². The number of hydrogen-bond donors (Lipinski definition) is 2. The first-order chi connectivity index (χ1) is 12.8. The summed E-state index contributed by atoms with van der Waals surface area (Å²) in [4.78, 5) is 13.1. The predicted molar refractivity (Wildman–Crippen MR) is 93.4 cm³/mol. The Morgan fingerprint density at radius 2 is 1.85 bits per heavy atom. The highest BCUT2D eigenvalue weighted by molar-refractivity contribution is 6.00. The second kappa shape index (κ2) is 5.87. The van der Waals surface area contributed by atoms with E-state index in [0.29, 0.717) is 24.5 Å². The minimum Gasteiger partial charge on any atom is -0.469 e. The van der Waals surface area contributed by atoms with Crippen LogP contribution in [-0.2, 0) is 4.79 Å². The summed E-state index contributed by atoms with van der Waals surface area (Å²) in [5, 5.41) is 14.4. The Hall–Kier alpha value is -3.35. The molecule has 0 saturated heterocycles. The van der Waals surface area contributed by atoms with E-state index < -0.39 is 0 Å². The number of benzene rings is 1. The van der Waals surface area contributed by atoms with Gasteiger partial charge in [-0.15, -0.1) is 0 Å². The largest absolute Gasteiger partial charge is 0.469 e. The first-order valence-corrected chi connectivity index (χ1v) is 8.50. The first-order valence-electron chi connectivity index (χ1n) is 8.50. The number of allylic oxidation sites excluding steroid dienone is 1. The van der Waals surface area contributed by atoms with Gasteiger partial charge in [0.15, 0.2) is 5.78 Å². The number of nitrogens with zero attached hydrogens (tertiary/aromatic N) is 2. The van der Waals surface area contributed by atoms with E-state index in [2.05, 4.69) is 20.9 Å². The number of nitrogens with one attached hydrogen (secondary N) is 2. The average molecular weight is 348 g/mol. The van der Waals surface area contributed by atoms with Crippen molar-refractivity contribution < 1.29 is 13.8 Å². The van der Waals surface area contributed by atoms with Crippen molar-refractivity contribution in [3.63, 3.8) is 0 Å². The minimum atomic E-state index is -0.308.